The van der Waals surface area contributed by atoms with Gasteiger partial charge >= 0.3 is 0 Å². The van der Waals surface area contributed by atoms with Gasteiger partial charge in [0.15, 0.2) is 0 Å². The van der Waals surface area contributed by atoms with Crippen molar-refractivity contribution in [3.63, 3.8) is 0 Å². The minimum absolute atomic E-state index is 0.000948. The number of likely N-dealkylation sites (tertiary alicyclic amines) is 1. The maximum Gasteiger partial charge on any atom is 0.242 e. The van der Waals surface area contributed by atoms with E-state index in [2.05, 4.69) is 45.4 Å². The third-order valence-electron chi connectivity index (χ3n) is 5.62. The van der Waals surface area contributed by atoms with E-state index >= 15 is 0 Å². The number of nitrogens with one attached hydrogen (secondary N) is 1. The Morgan fingerprint density at radius 3 is 2.44 bits per heavy atom. The van der Waals surface area contributed by atoms with Crippen LogP contribution < -0.4 is 5.32 Å². The van der Waals surface area contributed by atoms with E-state index in [1.165, 1.54) is 5.56 Å². The molecule has 3 rings (SSSR count). The van der Waals surface area contributed by atoms with Crippen LogP contribution in [0, 0.1) is 0 Å². The normalized spacial score (nSPS) is 21.4. The van der Waals surface area contributed by atoms with E-state index in [1.807, 2.05) is 0 Å². The van der Waals surface area contributed by atoms with Gasteiger partial charge in [-0.3, -0.25) is 14.5 Å². The number of amides is 2. The molecule has 2 aliphatic rings. The Hall–Kier alpha value is -1.92. The van der Waals surface area contributed by atoms with Crippen molar-refractivity contribution in [3.05, 3.63) is 35.9 Å². The first-order valence-corrected chi connectivity index (χ1v) is 10.2. The Morgan fingerprint density at radius 2 is 1.74 bits per heavy atom. The van der Waals surface area contributed by atoms with E-state index in [0.717, 1.165) is 58.5 Å². The lowest BCUT2D eigenvalue weighted by molar-refractivity contribution is -0.136. The van der Waals surface area contributed by atoms with Crippen LogP contribution in [0.5, 0.6) is 0 Å². The summed E-state index contributed by atoms with van der Waals surface area (Å²) in [4.78, 5) is 30.6. The van der Waals surface area contributed by atoms with Gasteiger partial charge in [-0.15, -0.1) is 0 Å². The Balaban J connectivity index is 1.29. The Bertz CT molecular complexity index is 614. The predicted molar refractivity (Wildman–Crippen MR) is 106 cm³/mol. The van der Waals surface area contributed by atoms with Crippen LogP contribution in [0.15, 0.2) is 30.3 Å². The SMILES string of the molecule is CC(=O)N1CCC[C@H]1C(=O)NCCCN1CCN(Cc2ccccc2)CC1. The van der Waals surface area contributed by atoms with E-state index in [1.54, 1.807) is 11.8 Å². The molecule has 0 aromatic heterocycles. The van der Waals surface area contributed by atoms with E-state index in [4.69, 9.17) is 0 Å². The van der Waals surface area contributed by atoms with Gasteiger partial charge < -0.3 is 15.1 Å². The zero-order valence-electron chi connectivity index (χ0n) is 16.4. The molecule has 0 bridgehead atoms. The van der Waals surface area contributed by atoms with Gasteiger partial charge in [-0.05, 0) is 31.4 Å². The number of hydrogen-bond acceptors (Lipinski definition) is 4. The first-order valence-electron chi connectivity index (χ1n) is 10.2. The van der Waals surface area contributed by atoms with Gasteiger partial charge in [0.2, 0.25) is 11.8 Å². The summed E-state index contributed by atoms with van der Waals surface area (Å²) in [5, 5.41) is 3.02. The first kappa shape index (κ1) is 19.8. The second-order valence-corrected chi connectivity index (χ2v) is 7.62. The van der Waals surface area contributed by atoms with E-state index in [-0.39, 0.29) is 17.9 Å². The summed E-state index contributed by atoms with van der Waals surface area (Å²) in [6.45, 7) is 9.34. The summed E-state index contributed by atoms with van der Waals surface area (Å²) in [6, 6.07) is 10.4. The maximum atomic E-state index is 12.3. The molecule has 2 heterocycles. The van der Waals surface area contributed by atoms with Crippen molar-refractivity contribution in [1.82, 2.24) is 20.0 Å². The van der Waals surface area contributed by atoms with Gasteiger partial charge in [0.05, 0.1) is 0 Å². The number of rotatable bonds is 7. The molecule has 1 aromatic rings. The lowest BCUT2D eigenvalue weighted by Gasteiger charge is -2.34. The molecule has 0 radical (unpaired) electrons. The van der Waals surface area contributed by atoms with Crippen molar-refractivity contribution < 1.29 is 9.59 Å². The second kappa shape index (κ2) is 9.85. The maximum absolute atomic E-state index is 12.3. The van der Waals surface area contributed by atoms with Gasteiger partial charge in [-0.2, -0.15) is 0 Å². The summed E-state index contributed by atoms with van der Waals surface area (Å²) < 4.78 is 0. The van der Waals surface area contributed by atoms with Crippen LogP contribution in [0.2, 0.25) is 0 Å². The molecule has 2 fully saturated rings. The second-order valence-electron chi connectivity index (χ2n) is 7.62. The van der Waals surface area contributed by atoms with Gasteiger partial charge in [0, 0.05) is 52.7 Å². The zero-order chi connectivity index (χ0) is 19.1. The lowest BCUT2D eigenvalue weighted by atomic mass is 10.2. The highest BCUT2D eigenvalue weighted by atomic mass is 16.2. The van der Waals surface area contributed by atoms with Crippen LogP contribution in [0.4, 0.5) is 0 Å². The summed E-state index contributed by atoms with van der Waals surface area (Å²) in [5.41, 5.74) is 1.38. The third-order valence-corrected chi connectivity index (χ3v) is 5.62. The number of carbonyl (C=O) groups is 2. The summed E-state index contributed by atoms with van der Waals surface area (Å²) in [5.74, 6) is 0.0106. The molecule has 0 saturated carbocycles. The molecule has 148 valence electrons. The summed E-state index contributed by atoms with van der Waals surface area (Å²) >= 11 is 0. The van der Waals surface area contributed by atoms with Crippen molar-refractivity contribution in [2.24, 2.45) is 0 Å². The number of carbonyl (C=O) groups excluding carboxylic acids is 2. The number of benzene rings is 1. The standard InChI is InChI=1S/C21H32N4O2/c1-18(26)25-12-5-9-20(25)21(27)22-10-6-11-23-13-15-24(16-14-23)17-19-7-3-2-4-8-19/h2-4,7-8,20H,5-6,9-17H2,1H3,(H,22,27)/t20-/m0/s1. The van der Waals surface area contributed by atoms with E-state index in [9.17, 15) is 9.59 Å². The van der Waals surface area contributed by atoms with Crippen molar-refractivity contribution >= 4 is 11.8 Å². The smallest absolute Gasteiger partial charge is 0.242 e. The van der Waals surface area contributed by atoms with Crippen LogP contribution in [0.25, 0.3) is 0 Å². The molecule has 6 heteroatoms. The highest BCUT2D eigenvalue weighted by Crippen LogP contribution is 2.17. The summed E-state index contributed by atoms with van der Waals surface area (Å²) in [7, 11) is 0. The zero-order valence-corrected chi connectivity index (χ0v) is 16.4. The molecule has 1 N–H and O–H groups in total. The molecule has 0 unspecified atom stereocenters. The van der Waals surface area contributed by atoms with Gasteiger partial charge in [-0.1, -0.05) is 30.3 Å². The van der Waals surface area contributed by atoms with Gasteiger partial charge in [-0.25, -0.2) is 0 Å². The minimum atomic E-state index is -0.260. The van der Waals surface area contributed by atoms with Crippen LogP contribution in [0.1, 0.15) is 31.7 Å². The average molecular weight is 373 g/mol. The topological polar surface area (TPSA) is 55.9 Å². The van der Waals surface area contributed by atoms with Crippen LogP contribution in [-0.2, 0) is 16.1 Å². The fraction of sp³-hybridized carbons (Fsp3) is 0.619. The molecule has 2 amide bonds. The molecule has 2 saturated heterocycles. The van der Waals surface area contributed by atoms with E-state index in [0.29, 0.717) is 13.1 Å². The predicted octanol–water partition coefficient (Wildman–Crippen LogP) is 1.32. The van der Waals surface area contributed by atoms with Crippen LogP contribution >= 0.6 is 0 Å². The Labute approximate surface area is 162 Å². The molecule has 1 aromatic carbocycles. The monoisotopic (exact) mass is 372 g/mol. The highest BCUT2D eigenvalue weighted by Gasteiger charge is 2.31. The molecule has 2 aliphatic heterocycles. The quantitative estimate of drug-likeness (QED) is 0.734. The van der Waals surface area contributed by atoms with Crippen molar-refractivity contribution in [3.8, 4) is 0 Å². The molecule has 6 nitrogen and oxygen atoms in total. The van der Waals surface area contributed by atoms with Gasteiger partial charge in [0.1, 0.15) is 6.04 Å². The lowest BCUT2D eigenvalue weighted by Crippen LogP contribution is -2.47. The molecule has 0 spiro atoms. The number of piperazine rings is 1. The fourth-order valence-corrected chi connectivity index (χ4v) is 4.06. The first-order chi connectivity index (χ1) is 13.1. The molecule has 0 aliphatic carbocycles. The van der Waals surface area contributed by atoms with Crippen LogP contribution in [0.3, 0.4) is 0 Å². The van der Waals surface area contributed by atoms with Crippen LogP contribution in [-0.4, -0.2) is 78.4 Å². The molecule has 27 heavy (non-hydrogen) atoms. The molecule has 1 atom stereocenters. The van der Waals surface area contributed by atoms with E-state index < -0.39 is 0 Å². The number of nitrogens with zero attached hydrogens (tertiary/aromatic N) is 3. The largest absolute Gasteiger partial charge is 0.354 e. The third kappa shape index (κ3) is 5.78. The van der Waals surface area contributed by atoms with Crippen molar-refractivity contribution in [1.29, 1.82) is 0 Å². The molecular formula is C21H32N4O2. The Morgan fingerprint density at radius 1 is 1.04 bits per heavy atom. The highest BCUT2D eigenvalue weighted by molar-refractivity contribution is 5.87. The Kier molecular flexibility index (Phi) is 7.24. The fourth-order valence-electron chi connectivity index (χ4n) is 4.06. The summed E-state index contributed by atoms with van der Waals surface area (Å²) in [6.07, 6.45) is 2.66. The number of hydrogen-bond donors (Lipinski definition) is 1. The van der Waals surface area contributed by atoms with Crippen molar-refractivity contribution in [2.45, 2.75) is 38.8 Å². The average Bonchev–Trinajstić information content (AvgIpc) is 3.17. The van der Waals surface area contributed by atoms with Crippen molar-refractivity contribution in [2.75, 3.05) is 45.8 Å². The minimum Gasteiger partial charge on any atom is -0.354 e. The molecular weight excluding hydrogens is 340 g/mol. The van der Waals surface area contributed by atoms with Gasteiger partial charge in [0.25, 0.3) is 0 Å².